The molecule has 1 atom stereocenters. The highest BCUT2D eigenvalue weighted by molar-refractivity contribution is 7.87. The molecule has 2 aromatic carbocycles. The second-order valence-electron chi connectivity index (χ2n) is 5.43. The third kappa shape index (κ3) is 7.32. The summed E-state index contributed by atoms with van der Waals surface area (Å²) in [5, 5.41) is 8.90. The van der Waals surface area contributed by atoms with Gasteiger partial charge in [0.1, 0.15) is 0 Å². The minimum absolute atomic E-state index is 0.587. The quantitative estimate of drug-likeness (QED) is 0.615. The lowest BCUT2D eigenvalue weighted by Gasteiger charge is -2.13. The van der Waals surface area contributed by atoms with E-state index in [-0.39, 0.29) is 0 Å². The summed E-state index contributed by atoms with van der Waals surface area (Å²) in [4.78, 5) is 21.4. The predicted molar refractivity (Wildman–Crippen MR) is 92.8 cm³/mol. The molecule has 0 bridgehead atoms. The van der Waals surface area contributed by atoms with Crippen molar-refractivity contribution in [3.05, 3.63) is 48.5 Å². The van der Waals surface area contributed by atoms with E-state index in [1.165, 1.54) is 24.6 Å². The van der Waals surface area contributed by atoms with Crippen LogP contribution in [-0.2, 0) is 24.4 Å². The third-order valence-corrected chi connectivity index (χ3v) is 4.07. The maximum Gasteiger partial charge on any atom is 0.327 e. The molecule has 0 aliphatic heterocycles. The normalized spacial score (nSPS) is 12.2. The fourth-order valence-electron chi connectivity index (χ4n) is 1.91. The van der Waals surface area contributed by atoms with E-state index in [2.05, 4.69) is 53.3 Å². The highest BCUT2D eigenvalue weighted by Gasteiger charge is 2.35. The molecule has 25 heavy (non-hydrogen) atoms. The first-order valence-electron chi connectivity index (χ1n) is 7.43. The number of rotatable bonds is 5. The van der Waals surface area contributed by atoms with Crippen LogP contribution in [0.4, 0.5) is 0 Å². The van der Waals surface area contributed by atoms with Crippen molar-refractivity contribution in [1.82, 2.24) is 0 Å². The van der Waals surface area contributed by atoms with E-state index in [9.17, 15) is 18.0 Å². The van der Waals surface area contributed by atoms with Crippen molar-refractivity contribution < 1.29 is 32.4 Å². The third-order valence-electron chi connectivity index (χ3n) is 2.99. The van der Waals surface area contributed by atoms with Crippen LogP contribution in [0.15, 0.2) is 48.5 Å². The van der Waals surface area contributed by atoms with Gasteiger partial charge in [0.15, 0.2) is 5.25 Å². The molecule has 0 aliphatic rings. The van der Waals surface area contributed by atoms with E-state index in [0.717, 1.165) is 0 Å². The average molecular weight is 368 g/mol. The average Bonchev–Trinajstić information content (AvgIpc) is 2.51. The molecule has 0 fully saturated rings. The Balaban J connectivity index is 0.000000267. The topological polar surface area (TPSA) is 118 Å². The molecule has 0 saturated heterocycles. The molecule has 1 unspecified atom stereocenters. The van der Waals surface area contributed by atoms with Gasteiger partial charge in [-0.05, 0) is 24.6 Å². The number of carbonyl (C=O) groups is 2. The number of esters is 1. The molecule has 136 valence electrons. The fraction of sp³-hybridized carbons (Fsp3) is 0.294. The Kier molecular flexibility index (Phi) is 7.53. The van der Waals surface area contributed by atoms with Crippen LogP contribution in [0.25, 0.3) is 10.8 Å². The molecule has 0 saturated carbocycles. The number of carboxylic acid groups (broad SMARTS) is 1. The van der Waals surface area contributed by atoms with E-state index in [0.29, 0.717) is 0 Å². The lowest BCUT2D eigenvalue weighted by molar-refractivity contribution is -0.150. The highest BCUT2D eigenvalue weighted by atomic mass is 32.2. The molecule has 0 aromatic heterocycles. The van der Waals surface area contributed by atoms with Gasteiger partial charge in [-0.25, -0.2) is 0 Å². The van der Waals surface area contributed by atoms with Gasteiger partial charge in [-0.15, -0.1) is 0 Å². The molecular formula is C17H20O7S. The summed E-state index contributed by atoms with van der Waals surface area (Å²) in [5.74, 6) is -2.78. The molecule has 0 aliphatic carbocycles. The van der Waals surface area contributed by atoms with Gasteiger partial charge in [-0.3, -0.25) is 14.1 Å². The molecule has 2 aromatic rings. The fourth-order valence-corrected chi connectivity index (χ4v) is 2.56. The first-order valence-corrected chi connectivity index (χ1v) is 8.94. The summed E-state index contributed by atoms with van der Waals surface area (Å²) in [6.07, 6.45) is -1.61. The van der Waals surface area contributed by atoms with Gasteiger partial charge >= 0.3 is 11.9 Å². The number of benzene rings is 2. The standard InChI is InChI=1S/C10H8.C7H12O7S/c1-2-6-10-8-4-3-7-9(10)5-1;1-4(2)14-7(10)5(3-6(8)9)15(11,12)13/h1-8H;4-5H,3H2,1-2H3,(H,8,9)(H,11,12,13). The van der Waals surface area contributed by atoms with Crippen LogP contribution in [0.5, 0.6) is 0 Å². The second-order valence-corrected chi connectivity index (χ2v) is 7.03. The van der Waals surface area contributed by atoms with Crippen LogP contribution in [0.1, 0.15) is 20.3 Å². The van der Waals surface area contributed by atoms with E-state index >= 15 is 0 Å². The second kappa shape index (κ2) is 9.14. The Morgan fingerprint density at radius 3 is 1.68 bits per heavy atom. The van der Waals surface area contributed by atoms with Gasteiger partial charge in [0.2, 0.25) is 0 Å². The smallest absolute Gasteiger partial charge is 0.327 e. The summed E-state index contributed by atoms with van der Waals surface area (Å²) >= 11 is 0. The lowest BCUT2D eigenvalue weighted by Crippen LogP contribution is -2.35. The zero-order valence-corrected chi connectivity index (χ0v) is 14.6. The van der Waals surface area contributed by atoms with Gasteiger partial charge in [0.25, 0.3) is 10.1 Å². The molecule has 0 radical (unpaired) electrons. The molecule has 7 nitrogen and oxygen atoms in total. The Bertz CT molecular complexity index is 762. The van der Waals surface area contributed by atoms with Gasteiger partial charge in [-0.1, -0.05) is 48.5 Å². The Labute approximate surface area is 146 Å². The number of hydrogen-bond acceptors (Lipinski definition) is 5. The highest BCUT2D eigenvalue weighted by Crippen LogP contribution is 2.11. The van der Waals surface area contributed by atoms with E-state index < -0.39 is 39.8 Å². The molecule has 8 heteroatoms. The Morgan fingerprint density at radius 2 is 1.40 bits per heavy atom. The van der Waals surface area contributed by atoms with Crippen molar-refractivity contribution in [3.8, 4) is 0 Å². The molecule has 0 amide bonds. The lowest BCUT2D eigenvalue weighted by atomic mass is 10.1. The number of ether oxygens (including phenoxy) is 1. The number of carbonyl (C=O) groups excluding carboxylic acids is 1. The summed E-state index contributed by atoms with van der Waals surface area (Å²) in [6.45, 7) is 2.94. The minimum Gasteiger partial charge on any atom is -0.481 e. The Morgan fingerprint density at radius 1 is 1.00 bits per heavy atom. The number of hydrogen-bond donors (Lipinski definition) is 2. The van der Waals surface area contributed by atoms with Crippen LogP contribution in [0.3, 0.4) is 0 Å². The molecule has 2 rings (SSSR count). The number of aliphatic carboxylic acids is 1. The monoisotopic (exact) mass is 368 g/mol. The minimum atomic E-state index is -4.76. The summed E-state index contributed by atoms with van der Waals surface area (Å²) in [7, 11) is -4.76. The molecule has 0 spiro atoms. The summed E-state index contributed by atoms with van der Waals surface area (Å²) < 4.78 is 34.5. The van der Waals surface area contributed by atoms with Crippen LogP contribution in [0, 0.1) is 0 Å². The van der Waals surface area contributed by atoms with Crippen molar-refractivity contribution in [1.29, 1.82) is 0 Å². The molecular weight excluding hydrogens is 348 g/mol. The zero-order chi connectivity index (χ0) is 19.0. The summed E-state index contributed by atoms with van der Waals surface area (Å²) in [5.41, 5.74) is 0. The summed E-state index contributed by atoms with van der Waals surface area (Å²) in [6, 6.07) is 16.7. The van der Waals surface area contributed by atoms with Crippen molar-refractivity contribution in [2.45, 2.75) is 31.6 Å². The largest absolute Gasteiger partial charge is 0.481 e. The van der Waals surface area contributed by atoms with Crippen molar-refractivity contribution in [2.75, 3.05) is 0 Å². The van der Waals surface area contributed by atoms with Crippen molar-refractivity contribution in [2.24, 2.45) is 0 Å². The first-order chi connectivity index (χ1) is 11.6. The van der Waals surface area contributed by atoms with Gasteiger partial charge in [0.05, 0.1) is 12.5 Å². The molecule has 2 N–H and O–H groups in total. The van der Waals surface area contributed by atoms with E-state index in [4.69, 9.17) is 9.66 Å². The van der Waals surface area contributed by atoms with E-state index in [1.807, 2.05) is 0 Å². The van der Waals surface area contributed by atoms with Crippen LogP contribution in [-0.4, -0.2) is 41.4 Å². The SMILES string of the molecule is CC(C)OC(=O)C(CC(=O)O)S(=O)(=O)O.c1ccc2ccccc2c1. The van der Waals surface area contributed by atoms with Gasteiger partial charge in [0, 0.05) is 0 Å². The van der Waals surface area contributed by atoms with Crippen LogP contribution in [0.2, 0.25) is 0 Å². The maximum atomic E-state index is 11.1. The zero-order valence-electron chi connectivity index (χ0n) is 13.8. The van der Waals surface area contributed by atoms with Crippen molar-refractivity contribution >= 4 is 32.8 Å². The predicted octanol–water partition coefficient (Wildman–Crippen LogP) is 2.51. The number of carboxylic acids is 1. The number of fused-ring (bicyclic) bond motifs is 1. The van der Waals surface area contributed by atoms with E-state index in [1.54, 1.807) is 0 Å². The van der Waals surface area contributed by atoms with Gasteiger partial charge < -0.3 is 9.84 Å². The van der Waals surface area contributed by atoms with Gasteiger partial charge in [-0.2, -0.15) is 8.42 Å². The maximum absolute atomic E-state index is 11.1. The Hall–Kier alpha value is -2.45. The molecule has 0 heterocycles. The van der Waals surface area contributed by atoms with Crippen LogP contribution >= 0.6 is 0 Å². The van der Waals surface area contributed by atoms with Crippen molar-refractivity contribution in [3.63, 3.8) is 0 Å². The first kappa shape index (κ1) is 20.6. The van der Waals surface area contributed by atoms with Crippen LogP contribution < -0.4 is 0 Å².